The van der Waals surface area contributed by atoms with Gasteiger partial charge in [0.15, 0.2) is 0 Å². The molecule has 1 spiro atoms. The summed E-state index contributed by atoms with van der Waals surface area (Å²) < 4.78 is 31.0. The summed E-state index contributed by atoms with van der Waals surface area (Å²) in [6.45, 7) is 0.705. The third-order valence-corrected chi connectivity index (χ3v) is 7.14. The number of benzene rings is 1. The lowest BCUT2D eigenvalue weighted by Gasteiger charge is -2.19. The number of carbonyl (C=O) groups is 1. The van der Waals surface area contributed by atoms with Crippen molar-refractivity contribution in [1.29, 1.82) is 0 Å². The first-order chi connectivity index (χ1) is 14.3. The first-order valence-corrected chi connectivity index (χ1v) is 12.0. The van der Waals surface area contributed by atoms with Crippen LogP contribution in [0.4, 0.5) is 5.69 Å². The van der Waals surface area contributed by atoms with E-state index in [9.17, 15) is 13.2 Å². The second kappa shape index (κ2) is 6.57. The molecule has 1 saturated carbocycles. The lowest BCUT2D eigenvalue weighted by molar-refractivity contribution is -0.120. The molecule has 1 aliphatic carbocycles. The Hall–Kier alpha value is -2.87. The highest BCUT2D eigenvalue weighted by atomic mass is 32.2. The van der Waals surface area contributed by atoms with Crippen LogP contribution in [0.5, 0.6) is 5.75 Å². The molecule has 7 nitrogen and oxygen atoms in total. The molecule has 1 aliphatic heterocycles. The van der Waals surface area contributed by atoms with Gasteiger partial charge >= 0.3 is 0 Å². The molecule has 1 amide bonds. The minimum atomic E-state index is -3.13. The lowest BCUT2D eigenvalue weighted by Crippen LogP contribution is -2.32. The fourth-order valence-electron chi connectivity index (χ4n) is 4.50. The zero-order valence-electron chi connectivity index (χ0n) is 17.0. The molecule has 3 aromatic rings. The molecule has 0 atom stereocenters. The van der Waals surface area contributed by atoms with Gasteiger partial charge in [-0.15, -0.1) is 0 Å². The molecule has 1 aromatic carbocycles. The van der Waals surface area contributed by atoms with Gasteiger partial charge < -0.3 is 14.2 Å². The van der Waals surface area contributed by atoms with Crippen molar-refractivity contribution in [2.75, 3.05) is 24.0 Å². The number of aryl methyl sites for hydroxylation is 1. The highest BCUT2D eigenvalue weighted by Crippen LogP contribution is 2.57. The van der Waals surface area contributed by atoms with Gasteiger partial charge in [-0.05, 0) is 48.7 Å². The number of hydrogen-bond donors (Lipinski definition) is 0. The van der Waals surface area contributed by atoms with Crippen LogP contribution in [-0.4, -0.2) is 43.0 Å². The molecule has 156 valence electrons. The summed E-state index contributed by atoms with van der Waals surface area (Å²) in [6, 6.07) is 9.69. The Balaban J connectivity index is 1.57. The summed E-state index contributed by atoms with van der Waals surface area (Å²) in [6.07, 6.45) is 6.48. The van der Waals surface area contributed by atoms with Crippen LogP contribution in [0.3, 0.4) is 0 Å². The zero-order chi connectivity index (χ0) is 21.1. The molecule has 0 unspecified atom stereocenters. The predicted molar refractivity (Wildman–Crippen MR) is 115 cm³/mol. The number of nitrogens with zero attached hydrogens (tertiary/aromatic N) is 3. The first kappa shape index (κ1) is 19.1. The highest BCUT2D eigenvalue weighted by molar-refractivity contribution is 7.90. The van der Waals surface area contributed by atoms with E-state index in [1.165, 1.54) is 6.26 Å². The maximum atomic E-state index is 13.3. The number of carbonyl (C=O) groups excluding carboxylic acids is 1. The van der Waals surface area contributed by atoms with Crippen LogP contribution >= 0.6 is 0 Å². The topological polar surface area (TPSA) is 81.5 Å². The fraction of sp³-hybridized carbons (Fsp3) is 0.364. The van der Waals surface area contributed by atoms with Gasteiger partial charge in [-0.2, -0.15) is 0 Å². The Morgan fingerprint density at radius 3 is 2.70 bits per heavy atom. The minimum Gasteiger partial charge on any atom is -0.497 e. The lowest BCUT2D eigenvalue weighted by atomic mass is 9.99. The summed E-state index contributed by atoms with van der Waals surface area (Å²) in [5.41, 5.74) is 3.35. The minimum absolute atomic E-state index is 0.0336. The molecule has 0 radical (unpaired) electrons. The normalized spacial score (nSPS) is 17.0. The zero-order valence-corrected chi connectivity index (χ0v) is 17.8. The summed E-state index contributed by atoms with van der Waals surface area (Å²) in [5, 5.41) is 0.956. The molecule has 0 bridgehead atoms. The van der Waals surface area contributed by atoms with E-state index >= 15 is 0 Å². The number of anilines is 1. The molecule has 3 heterocycles. The molecule has 2 aromatic heterocycles. The van der Waals surface area contributed by atoms with Crippen LogP contribution in [-0.2, 0) is 33.1 Å². The average molecular weight is 426 g/mol. The molecule has 8 heteroatoms. The number of fused-ring (bicyclic) bond motifs is 3. The van der Waals surface area contributed by atoms with Crippen LogP contribution in [0.1, 0.15) is 24.1 Å². The van der Waals surface area contributed by atoms with Gasteiger partial charge in [0.05, 0.1) is 36.7 Å². The molecular formula is C22H23N3O4S. The first-order valence-electron chi connectivity index (χ1n) is 9.93. The molecule has 0 N–H and O–H groups in total. The third-order valence-electron chi connectivity index (χ3n) is 6.21. The molecule has 2 aliphatic rings. The molecule has 5 rings (SSSR count). The maximum absolute atomic E-state index is 13.3. The number of methoxy groups -OCH3 is 1. The van der Waals surface area contributed by atoms with Crippen molar-refractivity contribution in [3.05, 3.63) is 54.0 Å². The van der Waals surface area contributed by atoms with Crippen molar-refractivity contribution >= 4 is 32.3 Å². The van der Waals surface area contributed by atoms with E-state index in [0.717, 1.165) is 46.4 Å². The summed E-state index contributed by atoms with van der Waals surface area (Å²) in [5.74, 6) is 0.882. The average Bonchev–Trinajstić information content (AvgIpc) is 3.41. The van der Waals surface area contributed by atoms with Crippen LogP contribution in [0.15, 0.2) is 42.7 Å². The van der Waals surface area contributed by atoms with Gasteiger partial charge in [-0.1, -0.05) is 0 Å². The Kier molecular flexibility index (Phi) is 4.18. The quantitative estimate of drug-likeness (QED) is 0.607. The van der Waals surface area contributed by atoms with Crippen molar-refractivity contribution in [3.63, 3.8) is 0 Å². The number of hydrogen-bond acceptors (Lipinski definition) is 5. The van der Waals surface area contributed by atoms with Gasteiger partial charge in [0.1, 0.15) is 15.6 Å². The monoisotopic (exact) mass is 425 g/mol. The number of pyridine rings is 1. The number of amides is 1. The third kappa shape index (κ3) is 2.98. The van der Waals surface area contributed by atoms with Gasteiger partial charge in [-0.3, -0.25) is 9.78 Å². The van der Waals surface area contributed by atoms with Crippen molar-refractivity contribution in [2.45, 2.75) is 31.3 Å². The van der Waals surface area contributed by atoms with Crippen LogP contribution in [0, 0.1) is 0 Å². The van der Waals surface area contributed by atoms with E-state index in [4.69, 9.17) is 4.74 Å². The smallest absolute Gasteiger partial charge is 0.238 e. The van der Waals surface area contributed by atoms with E-state index in [2.05, 4.69) is 4.98 Å². The van der Waals surface area contributed by atoms with Crippen molar-refractivity contribution in [2.24, 2.45) is 0 Å². The molecular weight excluding hydrogens is 402 g/mol. The van der Waals surface area contributed by atoms with Crippen molar-refractivity contribution < 1.29 is 17.9 Å². The van der Waals surface area contributed by atoms with E-state index < -0.39 is 9.84 Å². The van der Waals surface area contributed by atoms with Crippen LogP contribution in [0.2, 0.25) is 0 Å². The van der Waals surface area contributed by atoms with Crippen LogP contribution in [0.25, 0.3) is 10.9 Å². The standard InChI is InChI=1S/C22H23N3O4S/c1-29-17-3-4-19-15(12-17)11-16(24(19)9-10-30(2,27)28)14-25-20-13-23-8-5-18(20)22(6-7-22)21(25)26/h3-5,8,11-13H,6-7,9-10,14H2,1-2H3. The van der Waals surface area contributed by atoms with E-state index in [0.29, 0.717) is 13.1 Å². The number of sulfone groups is 1. The van der Waals surface area contributed by atoms with Crippen LogP contribution < -0.4 is 9.64 Å². The largest absolute Gasteiger partial charge is 0.497 e. The number of rotatable bonds is 6. The van der Waals surface area contributed by atoms with Gasteiger partial charge in [-0.25, -0.2) is 8.42 Å². The van der Waals surface area contributed by atoms with E-state index in [1.807, 2.05) is 34.9 Å². The van der Waals surface area contributed by atoms with E-state index in [-0.39, 0.29) is 17.1 Å². The molecule has 1 fully saturated rings. The summed E-state index contributed by atoms with van der Waals surface area (Å²) in [7, 11) is -1.51. The second-order valence-electron chi connectivity index (χ2n) is 8.21. The maximum Gasteiger partial charge on any atom is 0.238 e. The molecule has 30 heavy (non-hydrogen) atoms. The molecule has 0 saturated heterocycles. The Labute approximate surface area is 175 Å². The fourth-order valence-corrected chi connectivity index (χ4v) is 5.02. The predicted octanol–water partition coefficient (Wildman–Crippen LogP) is 2.67. The number of aromatic nitrogens is 2. The SMILES string of the molecule is COc1ccc2c(c1)cc(CN1C(=O)C3(CC3)c3ccncc31)n2CCS(C)(=O)=O. The van der Waals surface area contributed by atoms with Gasteiger partial charge in [0, 0.05) is 35.6 Å². The Morgan fingerprint density at radius 2 is 2.00 bits per heavy atom. The summed E-state index contributed by atoms with van der Waals surface area (Å²) in [4.78, 5) is 19.3. The van der Waals surface area contributed by atoms with Gasteiger partial charge in [0.25, 0.3) is 0 Å². The Morgan fingerprint density at radius 1 is 1.20 bits per heavy atom. The van der Waals surface area contributed by atoms with E-state index in [1.54, 1.807) is 24.4 Å². The summed E-state index contributed by atoms with van der Waals surface area (Å²) >= 11 is 0. The highest BCUT2D eigenvalue weighted by Gasteiger charge is 2.59. The number of ether oxygens (including phenoxy) is 1. The Bertz CT molecular complexity index is 1270. The van der Waals surface area contributed by atoms with Crippen molar-refractivity contribution in [3.8, 4) is 5.75 Å². The van der Waals surface area contributed by atoms with Gasteiger partial charge in [0.2, 0.25) is 5.91 Å². The van der Waals surface area contributed by atoms with Crippen molar-refractivity contribution in [1.82, 2.24) is 9.55 Å². The second-order valence-corrected chi connectivity index (χ2v) is 10.5.